The molecule has 146 valence electrons. The Labute approximate surface area is 158 Å². The minimum atomic E-state index is -0.280. The second-order valence-corrected chi connectivity index (χ2v) is 7.87. The van der Waals surface area contributed by atoms with Crippen molar-refractivity contribution in [2.75, 3.05) is 19.7 Å². The third kappa shape index (κ3) is 5.13. The van der Waals surface area contributed by atoms with Crippen LogP contribution in [0.25, 0.3) is 0 Å². The van der Waals surface area contributed by atoms with E-state index >= 15 is 0 Å². The molecule has 6 nitrogen and oxygen atoms in total. The quantitative estimate of drug-likeness (QED) is 0.801. The summed E-state index contributed by atoms with van der Waals surface area (Å²) in [7, 11) is 0. The molecule has 7 heteroatoms. The summed E-state index contributed by atoms with van der Waals surface area (Å²) in [5, 5.41) is 4.00. The van der Waals surface area contributed by atoms with E-state index in [1.807, 2.05) is 25.7 Å². The highest BCUT2D eigenvalue weighted by molar-refractivity contribution is 5.76. The fourth-order valence-corrected chi connectivity index (χ4v) is 2.96. The van der Waals surface area contributed by atoms with Crippen molar-refractivity contribution in [2.45, 2.75) is 51.6 Å². The number of nitrogens with zero attached hydrogens (tertiary/aromatic N) is 3. The summed E-state index contributed by atoms with van der Waals surface area (Å²) in [5.74, 6) is 1.05. The molecule has 1 amide bonds. The predicted molar refractivity (Wildman–Crippen MR) is 97.6 cm³/mol. The molecule has 1 fully saturated rings. The molecule has 1 atom stereocenters. The van der Waals surface area contributed by atoms with Gasteiger partial charge in [0.1, 0.15) is 11.9 Å². The topological polar surface area (TPSA) is 68.5 Å². The highest BCUT2D eigenvalue weighted by Crippen LogP contribution is 2.23. The maximum absolute atomic E-state index is 13.1. The number of morpholine rings is 1. The first-order valence-electron chi connectivity index (χ1n) is 9.31. The lowest BCUT2D eigenvalue weighted by Crippen LogP contribution is -2.42. The largest absolute Gasteiger partial charge is 0.370 e. The number of aryl methyl sites for hydroxylation is 1. The van der Waals surface area contributed by atoms with Crippen LogP contribution >= 0.6 is 0 Å². The van der Waals surface area contributed by atoms with E-state index in [0.717, 1.165) is 5.56 Å². The molecule has 2 aromatic rings. The molecular formula is C20H26FN3O3. The molecule has 0 saturated carbocycles. The van der Waals surface area contributed by atoms with Gasteiger partial charge in [0, 0.05) is 24.8 Å². The number of carbonyl (C=O) groups is 1. The number of aromatic nitrogens is 2. The Balaban J connectivity index is 1.49. The number of carbonyl (C=O) groups excluding carboxylic acids is 1. The third-order valence-corrected chi connectivity index (χ3v) is 4.58. The van der Waals surface area contributed by atoms with Gasteiger partial charge in [0.15, 0.2) is 5.82 Å². The van der Waals surface area contributed by atoms with E-state index in [2.05, 4.69) is 10.1 Å². The van der Waals surface area contributed by atoms with Crippen molar-refractivity contribution >= 4 is 5.91 Å². The van der Waals surface area contributed by atoms with E-state index in [4.69, 9.17) is 9.26 Å². The molecular weight excluding hydrogens is 349 g/mol. The molecule has 0 spiro atoms. The van der Waals surface area contributed by atoms with Crippen LogP contribution in [0.2, 0.25) is 0 Å². The first-order chi connectivity index (χ1) is 12.8. The van der Waals surface area contributed by atoms with Crippen LogP contribution in [0.3, 0.4) is 0 Å². The van der Waals surface area contributed by atoms with Crippen molar-refractivity contribution in [3.63, 3.8) is 0 Å². The summed E-state index contributed by atoms with van der Waals surface area (Å²) < 4.78 is 24.1. The summed E-state index contributed by atoms with van der Waals surface area (Å²) in [5.41, 5.74) is 0.732. The molecule has 0 bridgehead atoms. The normalized spacial score (nSPS) is 17.9. The van der Waals surface area contributed by atoms with Crippen LogP contribution in [-0.4, -0.2) is 40.6 Å². The molecule has 27 heavy (non-hydrogen) atoms. The zero-order chi connectivity index (χ0) is 19.4. The minimum absolute atomic E-state index is 0.0842. The number of hydrogen-bond donors (Lipinski definition) is 0. The van der Waals surface area contributed by atoms with E-state index in [-0.39, 0.29) is 23.2 Å². The van der Waals surface area contributed by atoms with Crippen LogP contribution in [-0.2, 0) is 21.4 Å². The van der Waals surface area contributed by atoms with Gasteiger partial charge in [-0.3, -0.25) is 4.79 Å². The summed E-state index contributed by atoms with van der Waals surface area (Å²) >= 11 is 0. The van der Waals surface area contributed by atoms with Gasteiger partial charge in [-0.25, -0.2) is 4.39 Å². The molecule has 1 aromatic carbocycles. The van der Waals surface area contributed by atoms with E-state index < -0.39 is 0 Å². The molecule has 2 heterocycles. The maximum Gasteiger partial charge on any atom is 0.226 e. The lowest BCUT2D eigenvalue weighted by atomic mass is 9.96. The molecule has 3 rings (SSSR count). The van der Waals surface area contributed by atoms with Crippen molar-refractivity contribution in [2.24, 2.45) is 0 Å². The summed E-state index contributed by atoms with van der Waals surface area (Å²) in [4.78, 5) is 18.7. The number of rotatable bonds is 5. The number of amides is 1. The average molecular weight is 375 g/mol. The summed E-state index contributed by atoms with van der Waals surface area (Å²) in [6.07, 6.45) is 1.45. The minimum Gasteiger partial charge on any atom is -0.370 e. The van der Waals surface area contributed by atoms with Gasteiger partial charge in [0.05, 0.1) is 13.2 Å². The summed E-state index contributed by atoms with van der Waals surface area (Å²) in [6.45, 7) is 7.63. The Morgan fingerprint density at radius 2 is 2.04 bits per heavy atom. The van der Waals surface area contributed by atoms with Crippen LogP contribution in [0.15, 0.2) is 28.8 Å². The fourth-order valence-electron chi connectivity index (χ4n) is 2.96. The predicted octanol–water partition coefficient (Wildman–Crippen LogP) is 3.43. The second kappa shape index (κ2) is 8.17. The second-order valence-electron chi connectivity index (χ2n) is 7.87. The Morgan fingerprint density at radius 1 is 1.30 bits per heavy atom. The summed E-state index contributed by atoms with van der Waals surface area (Å²) in [6, 6.07) is 6.23. The average Bonchev–Trinajstić information content (AvgIpc) is 3.12. The van der Waals surface area contributed by atoms with Crippen LogP contribution < -0.4 is 0 Å². The van der Waals surface area contributed by atoms with Crippen LogP contribution in [0.1, 0.15) is 57.0 Å². The van der Waals surface area contributed by atoms with Crippen LogP contribution in [0.4, 0.5) is 4.39 Å². The number of halogens is 1. The van der Waals surface area contributed by atoms with Gasteiger partial charge in [-0.15, -0.1) is 0 Å². The van der Waals surface area contributed by atoms with Crippen molar-refractivity contribution < 1.29 is 18.4 Å². The molecule has 1 saturated heterocycles. The number of hydrogen-bond acceptors (Lipinski definition) is 5. The lowest BCUT2D eigenvalue weighted by molar-refractivity contribution is -0.139. The molecule has 1 aromatic heterocycles. The van der Waals surface area contributed by atoms with E-state index in [9.17, 15) is 9.18 Å². The molecule has 0 aliphatic carbocycles. The maximum atomic E-state index is 13.1. The zero-order valence-corrected chi connectivity index (χ0v) is 16.1. The van der Waals surface area contributed by atoms with Gasteiger partial charge in [0.25, 0.3) is 0 Å². The first-order valence-corrected chi connectivity index (χ1v) is 9.31. The van der Waals surface area contributed by atoms with Crippen molar-refractivity contribution in [1.29, 1.82) is 0 Å². The first kappa shape index (κ1) is 19.5. The highest BCUT2D eigenvalue weighted by Gasteiger charge is 2.25. The van der Waals surface area contributed by atoms with E-state index in [0.29, 0.717) is 50.7 Å². The SMILES string of the molecule is CC(C)(C)c1noc(CCCC(=O)N2CCO[C@@H](c3ccc(F)cc3)C2)n1. The van der Waals surface area contributed by atoms with Gasteiger partial charge in [0.2, 0.25) is 11.8 Å². The number of benzene rings is 1. The van der Waals surface area contributed by atoms with Crippen molar-refractivity contribution in [3.05, 3.63) is 47.4 Å². The molecule has 0 unspecified atom stereocenters. The van der Waals surface area contributed by atoms with E-state index in [1.54, 1.807) is 12.1 Å². The van der Waals surface area contributed by atoms with Crippen LogP contribution in [0.5, 0.6) is 0 Å². The van der Waals surface area contributed by atoms with Gasteiger partial charge < -0.3 is 14.2 Å². The van der Waals surface area contributed by atoms with Gasteiger partial charge >= 0.3 is 0 Å². The molecule has 1 aliphatic heterocycles. The lowest BCUT2D eigenvalue weighted by Gasteiger charge is -2.33. The van der Waals surface area contributed by atoms with Gasteiger partial charge in [-0.1, -0.05) is 38.1 Å². The molecule has 0 N–H and O–H groups in total. The monoisotopic (exact) mass is 375 g/mol. The Bertz CT molecular complexity index is 768. The molecule has 0 radical (unpaired) electrons. The van der Waals surface area contributed by atoms with Crippen molar-refractivity contribution in [3.8, 4) is 0 Å². The Hall–Kier alpha value is -2.28. The van der Waals surface area contributed by atoms with Gasteiger partial charge in [-0.2, -0.15) is 4.98 Å². The highest BCUT2D eigenvalue weighted by atomic mass is 19.1. The smallest absolute Gasteiger partial charge is 0.226 e. The van der Waals surface area contributed by atoms with Crippen LogP contribution in [0, 0.1) is 5.82 Å². The number of ether oxygens (including phenoxy) is 1. The Kier molecular flexibility index (Phi) is 5.89. The van der Waals surface area contributed by atoms with Gasteiger partial charge in [-0.05, 0) is 24.1 Å². The Morgan fingerprint density at radius 3 is 2.70 bits per heavy atom. The van der Waals surface area contributed by atoms with E-state index in [1.165, 1.54) is 12.1 Å². The third-order valence-electron chi connectivity index (χ3n) is 4.58. The molecule has 1 aliphatic rings. The van der Waals surface area contributed by atoms with Crippen molar-refractivity contribution in [1.82, 2.24) is 15.0 Å². The zero-order valence-electron chi connectivity index (χ0n) is 16.1. The standard InChI is InChI=1S/C20H26FN3O3/c1-20(2,3)19-22-17(27-23-19)5-4-6-18(25)24-11-12-26-16(13-24)14-7-9-15(21)10-8-14/h7-10,16H,4-6,11-13H2,1-3H3/t16-/m1/s1. The fraction of sp³-hybridized carbons (Fsp3) is 0.550.